The fourth-order valence-electron chi connectivity index (χ4n) is 3.55. The van der Waals surface area contributed by atoms with Crippen LogP contribution in [0, 0.1) is 5.92 Å². The number of carbonyl (C=O) groups is 3. The van der Waals surface area contributed by atoms with Gasteiger partial charge in [-0.1, -0.05) is 37.6 Å². The van der Waals surface area contributed by atoms with Gasteiger partial charge in [0, 0.05) is 25.2 Å². The van der Waals surface area contributed by atoms with Crippen molar-refractivity contribution in [1.29, 1.82) is 0 Å². The maximum Gasteiger partial charge on any atom is 0.262 e. The number of nitrogens with zero attached hydrogens (tertiary/aromatic N) is 1. The van der Waals surface area contributed by atoms with Crippen LogP contribution in [0.2, 0.25) is 4.34 Å². The molecule has 1 aliphatic rings. The van der Waals surface area contributed by atoms with E-state index < -0.39 is 6.04 Å². The minimum Gasteiger partial charge on any atom is -0.350 e. The molecule has 31 heavy (non-hydrogen) atoms. The van der Waals surface area contributed by atoms with E-state index in [-0.39, 0.29) is 23.6 Å². The minimum atomic E-state index is -0.626. The van der Waals surface area contributed by atoms with E-state index in [1.165, 1.54) is 11.3 Å². The fourth-order valence-corrected chi connectivity index (χ4v) is 4.50. The number of halogens is 1. The normalized spacial score (nSPS) is 15.1. The second-order valence-corrected chi connectivity index (χ2v) is 9.86. The summed E-state index contributed by atoms with van der Waals surface area (Å²) in [7, 11) is 0. The molecule has 0 saturated carbocycles. The molecule has 3 rings (SSSR count). The van der Waals surface area contributed by atoms with E-state index >= 15 is 0 Å². The molecule has 166 valence electrons. The van der Waals surface area contributed by atoms with Crippen LogP contribution < -0.4 is 15.5 Å². The van der Waals surface area contributed by atoms with Gasteiger partial charge in [-0.2, -0.15) is 0 Å². The van der Waals surface area contributed by atoms with Gasteiger partial charge in [0.1, 0.15) is 6.04 Å². The minimum absolute atomic E-state index is 0.159. The number of hydrogen-bond acceptors (Lipinski definition) is 4. The summed E-state index contributed by atoms with van der Waals surface area (Å²) in [5.41, 5.74) is 1.82. The van der Waals surface area contributed by atoms with Crippen molar-refractivity contribution < 1.29 is 14.4 Å². The van der Waals surface area contributed by atoms with Gasteiger partial charge < -0.3 is 15.5 Å². The van der Waals surface area contributed by atoms with Crippen LogP contribution in [0.3, 0.4) is 0 Å². The van der Waals surface area contributed by atoms with E-state index in [4.69, 9.17) is 11.6 Å². The van der Waals surface area contributed by atoms with Crippen LogP contribution >= 0.6 is 22.9 Å². The number of benzene rings is 1. The topological polar surface area (TPSA) is 78.5 Å². The first kappa shape index (κ1) is 23.3. The lowest BCUT2D eigenvalue weighted by Gasteiger charge is -2.27. The molecule has 1 aromatic carbocycles. The molecule has 1 unspecified atom stereocenters. The molecule has 8 heteroatoms. The van der Waals surface area contributed by atoms with Crippen LogP contribution in [0.25, 0.3) is 0 Å². The summed E-state index contributed by atoms with van der Waals surface area (Å²) in [6.45, 7) is 5.12. The Hall–Kier alpha value is -2.38. The van der Waals surface area contributed by atoms with Crippen molar-refractivity contribution in [2.24, 2.45) is 5.92 Å². The molecule has 2 aromatic rings. The van der Waals surface area contributed by atoms with Crippen molar-refractivity contribution in [3.8, 4) is 0 Å². The van der Waals surface area contributed by atoms with E-state index in [2.05, 4.69) is 10.6 Å². The highest BCUT2D eigenvalue weighted by Gasteiger charge is 2.23. The first-order valence-corrected chi connectivity index (χ1v) is 11.8. The summed E-state index contributed by atoms with van der Waals surface area (Å²) in [6, 6.07) is 10.4. The van der Waals surface area contributed by atoms with Crippen molar-refractivity contribution in [2.75, 3.05) is 11.4 Å². The Labute approximate surface area is 192 Å². The van der Waals surface area contributed by atoms with Crippen LogP contribution in [-0.2, 0) is 16.1 Å². The third-order valence-corrected chi connectivity index (χ3v) is 6.39. The summed E-state index contributed by atoms with van der Waals surface area (Å²) < 4.78 is 0.532. The van der Waals surface area contributed by atoms with Gasteiger partial charge in [-0.05, 0) is 55.0 Å². The molecule has 0 bridgehead atoms. The van der Waals surface area contributed by atoms with Gasteiger partial charge in [-0.3, -0.25) is 14.4 Å². The number of thiophene rings is 1. The average Bonchev–Trinajstić information content (AvgIpc) is 3.18. The van der Waals surface area contributed by atoms with E-state index in [0.717, 1.165) is 30.6 Å². The molecule has 0 spiro atoms. The molecule has 6 nitrogen and oxygen atoms in total. The lowest BCUT2D eigenvalue weighted by molar-refractivity contribution is -0.123. The molecule has 1 aromatic heterocycles. The van der Waals surface area contributed by atoms with Crippen molar-refractivity contribution in [3.05, 3.63) is 51.2 Å². The average molecular weight is 462 g/mol. The highest BCUT2D eigenvalue weighted by Crippen LogP contribution is 2.22. The van der Waals surface area contributed by atoms with Crippen molar-refractivity contribution in [1.82, 2.24) is 10.6 Å². The highest BCUT2D eigenvalue weighted by atomic mass is 35.5. The Bertz CT molecular complexity index is 926. The molecule has 2 heterocycles. The van der Waals surface area contributed by atoms with Crippen LogP contribution in [0.5, 0.6) is 0 Å². The van der Waals surface area contributed by atoms with Crippen molar-refractivity contribution >= 4 is 46.3 Å². The van der Waals surface area contributed by atoms with Gasteiger partial charge in [0.05, 0.1) is 9.21 Å². The van der Waals surface area contributed by atoms with Gasteiger partial charge in [-0.25, -0.2) is 0 Å². The zero-order valence-electron chi connectivity index (χ0n) is 17.8. The van der Waals surface area contributed by atoms with Gasteiger partial charge in [0.25, 0.3) is 5.91 Å². The monoisotopic (exact) mass is 461 g/mol. The van der Waals surface area contributed by atoms with Crippen molar-refractivity contribution in [2.45, 2.75) is 52.1 Å². The van der Waals surface area contributed by atoms with Gasteiger partial charge >= 0.3 is 0 Å². The SMILES string of the molecule is CC(C)CC(NC(=O)c1ccc(Cl)s1)C(=O)NCc1ccc(N2CCCCC2=O)cc1. The molecular formula is C23H28ClN3O3S. The van der Waals surface area contributed by atoms with Crippen molar-refractivity contribution in [3.63, 3.8) is 0 Å². The second kappa shape index (κ2) is 10.8. The fraction of sp³-hybridized carbons (Fsp3) is 0.435. The Morgan fingerprint density at radius 3 is 2.48 bits per heavy atom. The third-order valence-electron chi connectivity index (χ3n) is 5.16. The Morgan fingerprint density at radius 1 is 1.13 bits per heavy atom. The summed E-state index contributed by atoms with van der Waals surface area (Å²) in [5.74, 6) is -0.121. The summed E-state index contributed by atoms with van der Waals surface area (Å²) in [6.07, 6.45) is 3.10. The zero-order chi connectivity index (χ0) is 22.4. The number of piperidine rings is 1. The molecule has 1 atom stereocenters. The number of amides is 3. The predicted octanol–water partition coefficient (Wildman–Crippen LogP) is 4.38. The molecular weight excluding hydrogens is 434 g/mol. The molecule has 1 aliphatic heterocycles. The van der Waals surface area contributed by atoms with Crippen LogP contribution in [0.1, 0.15) is 54.8 Å². The van der Waals surface area contributed by atoms with Crippen LogP contribution in [-0.4, -0.2) is 30.3 Å². The Balaban J connectivity index is 1.58. The second-order valence-electron chi connectivity index (χ2n) is 8.15. The van der Waals surface area contributed by atoms with Gasteiger partial charge in [0.2, 0.25) is 11.8 Å². The Morgan fingerprint density at radius 2 is 1.87 bits per heavy atom. The first-order chi connectivity index (χ1) is 14.8. The van der Waals surface area contributed by atoms with E-state index in [1.54, 1.807) is 12.1 Å². The maximum absolute atomic E-state index is 12.8. The van der Waals surface area contributed by atoms with E-state index in [0.29, 0.717) is 28.6 Å². The smallest absolute Gasteiger partial charge is 0.262 e. The summed E-state index contributed by atoms with van der Waals surface area (Å²) in [4.78, 5) is 39.6. The largest absolute Gasteiger partial charge is 0.350 e. The summed E-state index contributed by atoms with van der Waals surface area (Å²) >= 11 is 7.10. The van der Waals surface area contributed by atoms with Gasteiger partial charge in [-0.15, -0.1) is 11.3 Å². The molecule has 1 fully saturated rings. The van der Waals surface area contributed by atoms with Crippen LogP contribution in [0.15, 0.2) is 36.4 Å². The lowest BCUT2D eigenvalue weighted by Crippen LogP contribution is -2.47. The Kier molecular flexibility index (Phi) is 8.09. The first-order valence-electron chi connectivity index (χ1n) is 10.6. The number of rotatable bonds is 8. The number of nitrogens with one attached hydrogen (secondary N) is 2. The standard InChI is InChI=1S/C23H28ClN3O3S/c1-15(2)13-18(26-23(30)19-10-11-20(24)31-19)22(29)25-14-16-6-8-17(9-7-16)27-12-4-3-5-21(27)28/h6-11,15,18H,3-5,12-14H2,1-2H3,(H,25,29)(H,26,30). The van der Waals surface area contributed by atoms with Gasteiger partial charge in [0.15, 0.2) is 0 Å². The number of hydrogen-bond donors (Lipinski definition) is 2. The quantitative estimate of drug-likeness (QED) is 0.612. The summed E-state index contributed by atoms with van der Waals surface area (Å²) in [5, 5.41) is 5.75. The highest BCUT2D eigenvalue weighted by molar-refractivity contribution is 7.18. The van der Waals surface area contributed by atoms with E-state index in [9.17, 15) is 14.4 Å². The number of carbonyl (C=O) groups excluding carboxylic acids is 3. The molecule has 3 amide bonds. The van der Waals surface area contributed by atoms with Crippen LogP contribution in [0.4, 0.5) is 5.69 Å². The molecule has 1 saturated heterocycles. The van der Waals surface area contributed by atoms with E-state index in [1.807, 2.05) is 43.0 Å². The molecule has 0 aliphatic carbocycles. The third kappa shape index (κ3) is 6.55. The zero-order valence-corrected chi connectivity index (χ0v) is 19.4. The predicted molar refractivity (Wildman–Crippen MR) is 125 cm³/mol. The molecule has 0 radical (unpaired) electrons. The molecule has 2 N–H and O–H groups in total. The maximum atomic E-state index is 12.8. The number of anilines is 1. The lowest BCUT2D eigenvalue weighted by atomic mass is 10.0.